The standard InChI is InChI=1S/C22H21N5S/c1-2-5-14(6-3-1)16-13-28-22-18(16)21(25-19(26-22)15-8-9-15)27-12-4-7-17(27)20-23-10-11-24-20/h1-3,5-6,10-11,13,15,17H,4,7-9,12H2,(H,23,24)/t17-/m1/s1. The minimum absolute atomic E-state index is 0.253. The predicted octanol–water partition coefficient (Wildman–Crippen LogP) is 5.30. The number of aromatic amines is 1. The molecule has 0 spiro atoms. The van der Waals surface area contributed by atoms with Gasteiger partial charge in [-0.25, -0.2) is 15.0 Å². The maximum atomic E-state index is 5.14. The summed E-state index contributed by atoms with van der Waals surface area (Å²) in [5, 5.41) is 3.44. The van der Waals surface area contributed by atoms with Crippen LogP contribution < -0.4 is 4.90 Å². The summed E-state index contributed by atoms with van der Waals surface area (Å²) in [6.07, 6.45) is 8.43. The number of fused-ring (bicyclic) bond motifs is 1. The van der Waals surface area contributed by atoms with Crippen molar-refractivity contribution in [3.05, 3.63) is 59.8 Å². The smallest absolute Gasteiger partial charge is 0.142 e. The van der Waals surface area contributed by atoms with Crippen LogP contribution in [0.5, 0.6) is 0 Å². The maximum Gasteiger partial charge on any atom is 0.142 e. The van der Waals surface area contributed by atoms with E-state index >= 15 is 0 Å². The number of anilines is 1. The number of thiophene rings is 1. The number of hydrogen-bond donors (Lipinski definition) is 1. The quantitative estimate of drug-likeness (QED) is 0.516. The summed E-state index contributed by atoms with van der Waals surface area (Å²) in [7, 11) is 0. The van der Waals surface area contributed by atoms with Crippen LogP contribution in [-0.4, -0.2) is 26.5 Å². The van der Waals surface area contributed by atoms with Crippen LogP contribution in [0.2, 0.25) is 0 Å². The Labute approximate surface area is 167 Å². The fourth-order valence-electron chi connectivity index (χ4n) is 4.27. The molecule has 1 atom stereocenters. The van der Waals surface area contributed by atoms with Crippen LogP contribution in [-0.2, 0) is 0 Å². The average Bonchev–Trinajstić information content (AvgIpc) is 3.14. The van der Waals surface area contributed by atoms with Gasteiger partial charge in [0.15, 0.2) is 0 Å². The number of nitrogens with zero attached hydrogens (tertiary/aromatic N) is 4. The zero-order valence-electron chi connectivity index (χ0n) is 15.5. The van der Waals surface area contributed by atoms with E-state index in [1.807, 2.05) is 12.4 Å². The molecule has 0 radical (unpaired) electrons. The van der Waals surface area contributed by atoms with E-state index in [2.05, 4.69) is 50.6 Å². The van der Waals surface area contributed by atoms with Crippen LogP contribution in [0, 0.1) is 0 Å². The lowest BCUT2D eigenvalue weighted by atomic mass is 10.1. The fraction of sp³-hybridized carbons (Fsp3) is 0.318. The largest absolute Gasteiger partial charge is 0.347 e. The zero-order chi connectivity index (χ0) is 18.5. The van der Waals surface area contributed by atoms with Crippen molar-refractivity contribution in [3.63, 3.8) is 0 Å². The Bertz CT molecular complexity index is 1110. The molecule has 4 aromatic rings. The molecule has 4 heterocycles. The first-order valence-electron chi connectivity index (χ1n) is 9.99. The molecule has 3 aromatic heterocycles. The van der Waals surface area contributed by atoms with Crippen molar-refractivity contribution in [2.75, 3.05) is 11.4 Å². The van der Waals surface area contributed by atoms with Crippen LogP contribution in [0.3, 0.4) is 0 Å². The number of hydrogen-bond acceptors (Lipinski definition) is 5. The molecule has 1 saturated heterocycles. The molecule has 5 nitrogen and oxygen atoms in total. The van der Waals surface area contributed by atoms with Crippen molar-refractivity contribution in [1.29, 1.82) is 0 Å². The minimum atomic E-state index is 0.253. The monoisotopic (exact) mass is 387 g/mol. The van der Waals surface area contributed by atoms with Crippen LogP contribution in [0.15, 0.2) is 48.1 Å². The molecule has 2 aliphatic rings. The first kappa shape index (κ1) is 16.2. The molecule has 140 valence electrons. The van der Waals surface area contributed by atoms with Crippen molar-refractivity contribution < 1.29 is 0 Å². The van der Waals surface area contributed by atoms with Gasteiger partial charge in [0.05, 0.1) is 11.4 Å². The molecule has 6 rings (SSSR count). The van der Waals surface area contributed by atoms with Gasteiger partial charge in [0, 0.05) is 35.8 Å². The summed E-state index contributed by atoms with van der Waals surface area (Å²) < 4.78 is 0. The lowest BCUT2D eigenvalue weighted by molar-refractivity contribution is 0.670. The molecular weight excluding hydrogens is 366 g/mol. The van der Waals surface area contributed by atoms with Gasteiger partial charge in [-0.3, -0.25) is 0 Å². The molecule has 0 bridgehead atoms. The van der Waals surface area contributed by atoms with Crippen LogP contribution in [0.4, 0.5) is 5.82 Å². The highest BCUT2D eigenvalue weighted by atomic mass is 32.1. The highest BCUT2D eigenvalue weighted by Gasteiger charge is 2.34. The Balaban J connectivity index is 1.56. The number of nitrogens with one attached hydrogen (secondary N) is 1. The van der Waals surface area contributed by atoms with E-state index < -0.39 is 0 Å². The molecule has 1 aliphatic heterocycles. The van der Waals surface area contributed by atoms with Gasteiger partial charge in [0.1, 0.15) is 22.3 Å². The third kappa shape index (κ3) is 2.63. The highest BCUT2D eigenvalue weighted by molar-refractivity contribution is 7.17. The second-order valence-electron chi connectivity index (χ2n) is 7.70. The van der Waals surface area contributed by atoms with Gasteiger partial charge in [-0.1, -0.05) is 30.3 Å². The Morgan fingerprint density at radius 3 is 2.75 bits per heavy atom. The van der Waals surface area contributed by atoms with Gasteiger partial charge < -0.3 is 9.88 Å². The number of aromatic nitrogens is 4. The Morgan fingerprint density at radius 1 is 1.07 bits per heavy atom. The number of imidazole rings is 1. The lowest BCUT2D eigenvalue weighted by Gasteiger charge is -2.26. The maximum absolute atomic E-state index is 5.14. The molecule has 1 saturated carbocycles. The van der Waals surface area contributed by atoms with Gasteiger partial charge in [0.25, 0.3) is 0 Å². The van der Waals surface area contributed by atoms with Gasteiger partial charge in [-0.05, 0) is 31.2 Å². The summed E-state index contributed by atoms with van der Waals surface area (Å²) in [6.45, 7) is 1.01. The molecule has 6 heteroatoms. The third-order valence-electron chi connectivity index (χ3n) is 5.82. The van der Waals surface area contributed by atoms with E-state index in [0.29, 0.717) is 5.92 Å². The first-order chi connectivity index (χ1) is 13.9. The number of rotatable bonds is 4. The zero-order valence-corrected chi connectivity index (χ0v) is 16.3. The SMILES string of the molecule is c1ccc(-c2csc3nc(C4CC4)nc(N4CCC[C@@H]4c4ncc[nH]4)c23)cc1. The topological polar surface area (TPSA) is 57.7 Å². The second-order valence-corrected chi connectivity index (χ2v) is 8.56. The first-order valence-corrected chi connectivity index (χ1v) is 10.9. The number of benzene rings is 1. The van der Waals surface area contributed by atoms with Gasteiger partial charge in [-0.2, -0.15) is 0 Å². The third-order valence-corrected chi connectivity index (χ3v) is 6.69. The molecule has 28 heavy (non-hydrogen) atoms. The summed E-state index contributed by atoms with van der Waals surface area (Å²) in [6, 6.07) is 10.9. The van der Waals surface area contributed by atoms with E-state index in [9.17, 15) is 0 Å². The van der Waals surface area contributed by atoms with Crippen molar-refractivity contribution in [2.24, 2.45) is 0 Å². The van der Waals surface area contributed by atoms with Gasteiger partial charge in [-0.15, -0.1) is 11.3 Å². The summed E-state index contributed by atoms with van der Waals surface area (Å²) in [5.41, 5.74) is 2.47. The lowest BCUT2D eigenvalue weighted by Crippen LogP contribution is -2.25. The summed E-state index contributed by atoms with van der Waals surface area (Å²) in [5.74, 6) is 3.68. The van der Waals surface area contributed by atoms with E-state index in [1.165, 1.54) is 29.4 Å². The second kappa shape index (κ2) is 6.41. The molecule has 0 unspecified atom stereocenters. The highest BCUT2D eigenvalue weighted by Crippen LogP contribution is 2.46. The average molecular weight is 388 g/mol. The van der Waals surface area contributed by atoms with Crippen molar-refractivity contribution in [2.45, 2.75) is 37.6 Å². The van der Waals surface area contributed by atoms with Gasteiger partial charge in [0.2, 0.25) is 0 Å². The summed E-state index contributed by atoms with van der Waals surface area (Å²) in [4.78, 5) is 21.5. The van der Waals surface area contributed by atoms with Crippen molar-refractivity contribution in [1.82, 2.24) is 19.9 Å². The minimum Gasteiger partial charge on any atom is -0.347 e. The predicted molar refractivity (Wildman–Crippen MR) is 113 cm³/mol. The Kier molecular flexibility index (Phi) is 3.72. The van der Waals surface area contributed by atoms with Crippen LogP contribution >= 0.6 is 11.3 Å². The fourth-order valence-corrected chi connectivity index (χ4v) is 5.21. The van der Waals surface area contributed by atoms with Crippen LogP contribution in [0.25, 0.3) is 21.3 Å². The molecule has 1 N–H and O–H groups in total. The van der Waals surface area contributed by atoms with E-state index in [4.69, 9.17) is 9.97 Å². The molecule has 1 aliphatic carbocycles. The van der Waals surface area contributed by atoms with E-state index in [0.717, 1.165) is 41.7 Å². The van der Waals surface area contributed by atoms with Crippen molar-refractivity contribution in [3.8, 4) is 11.1 Å². The van der Waals surface area contributed by atoms with E-state index in [-0.39, 0.29) is 6.04 Å². The normalized spacial score (nSPS) is 19.6. The molecule has 0 amide bonds. The van der Waals surface area contributed by atoms with Gasteiger partial charge >= 0.3 is 0 Å². The van der Waals surface area contributed by atoms with Crippen LogP contribution in [0.1, 0.15) is 49.3 Å². The molecule has 2 fully saturated rings. The summed E-state index contributed by atoms with van der Waals surface area (Å²) >= 11 is 1.74. The van der Waals surface area contributed by atoms with Crippen molar-refractivity contribution >= 4 is 27.4 Å². The number of H-pyrrole nitrogens is 1. The Morgan fingerprint density at radius 2 is 1.96 bits per heavy atom. The van der Waals surface area contributed by atoms with E-state index in [1.54, 1.807) is 11.3 Å². The molecular formula is C22H21N5S. The molecule has 1 aromatic carbocycles. The Hall–Kier alpha value is -2.73.